The van der Waals surface area contributed by atoms with Crippen LogP contribution in [0.1, 0.15) is 25.5 Å². The quantitative estimate of drug-likeness (QED) is 0.818. The van der Waals surface area contributed by atoms with Crippen LogP contribution in [0.3, 0.4) is 0 Å². The molecule has 1 rings (SSSR count). The monoisotopic (exact) mass is 204 g/mol. The number of benzene rings is 1. The minimum Gasteiger partial charge on any atom is -0.497 e. The van der Waals surface area contributed by atoms with Crippen LogP contribution in [0.25, 0.3) is 0 Å². The molecule has 0 amide bonds. The van der Waals surface area contributed by atoms with Crippen LogP contribution in [0.15, 0.2) is 24.3 Å². The summed E-state index contributed by atoms with van der Waals surface area (Å²) in [6, 6.07) is 10.0. The first kappa shape index (κ1) is 11.5. The molecule has 0 saturated carbocycles. The fourth-order valence-corrected chi connectivity index (χ4v) is 1.40. The maximum absolute atomic E-state index is 8.68. The minimum absolute atomic E-state index is 0.137. The molecule has 80 valence electrons. The second-order valence-corrected chi connectivity index (χ2v) is 3.51. The van der Waals surface area contributed by atoms with E-state index >= 15 is 0 Å². The van der Waals surface area contributed by atoms with E-state index in [9.17, 15) is 0 Å². The van der Waals surface area contributed by atoms with Gasteiger partial charge in [-0.2, -0.15) is 5.26 Å². The Labute approximate surface area is 90.7 Å². The van der Waals surface area contributed by atoms with Gasteiger partial charge in [0.1, 0.15) is 5.75 Å². The van der Waals surface area contributed by atoms with Crippen LogP contribution in [0.4, 0.5) is 0 Å². The van der Waals surface area contributed by atoms with Gasteiger partial charge in [0.15, 0.2) is 0 Å². The largest absolute Gasteiger partial charge is 0.497 e. The van der Waals surface area contributed by atoms with Gasteiger partial charge in [0.25, 0.3) is 0 Å². The molecule has 0 aromatic heterocycles. The predicted octanol–water partition coefficient (Wildman–Crippen LogP) is 2.26. The van der Waals surface area contributed by atoms with Crippen LogP contribution in [0.2, 0.25) is 0 Å². The molecule has 15 heavy (non-hydrogen) atoms. The zero-order valence-corrected chi connectivity index (χ0v) is 9.32. The number of nitrogens with one attached hydrogen (secondary N) is 1. The summed E-state index contributed by atoms with van der Waals surface area (Å²) in [5.41, 5.74) is 1.15. The van der Waals surface area contributed by atoms with Crippen molar-refractivity contribution in [2.24, 2.45) is 0 Å². The van der Waals surface area contributed by atoms with E-state index in [4.69, 9.17) is 10.00 Å². The molecule has 1 aromatic carbocycles. The standard InChI is InChI=1S/C12H16N2O/c1-9(8-13)14-10(2)11-4-6-12(15-3)7-5-11/h4-7,9-10,14H,1-3H3/t9?,10-/m0/s1. The third-order valence-corrected chi connectivity index (χ3v) is 2.31. The highest BCUT2D eigenvalue weighted by molar-refractivity contribution is 5.28. The molecule has 0 aliphatic heterocycles. The molecule has 2 atom stereocenters. The Morgan fingerprint density at radius 1 is 1.27 bits per heavy atom. The van der Waals surface area contributed by atoms with Crippen LogP contribution in [-0.2, 0) is 0 Å². The van der Waals surface area contributed by atoms with E-state index in [0.29, 0.717) is 0 Å². The molecule has 0 heterocycles. The van der Waals surface area contributed by atoms with E-state index in [1.165, 1.54) is 0 Å². The van der Waals surface area contributed by atoms with Crippen molar-refractivity contribution in [2.45, 2.75) is 25.9 Å². The van der Waals surface area contributed by atoms with Gasteiger partial charge < -0.3 is 4.74 Å². The Kier molecular flexibility index (Phi) is 4.14. The van der Waals surface area contributed by atoms with Gasteiger partial charge in [-0.25, -0.2) is 0 Å². The van der Waals surface area contributed by atoms with E-state index in [0.717, 1.165) is 11.3 Å². The second-order valence-electron chi connectivity index (χ2n) is 3.51. The highest BCUT2D eigenvalue weighted by Gasteiger charge is 2.08. The minimum atomic E-state index is -0.137. The van der Waals surface area contributed by atoms with E-state index < -0.39 is 0 Å². The molecule has 1 N–H and O–H groups in total. The Balaban J connectivity index is 2.66. The number of ether oxygens (including phenoxy) is 1. The number of hydrogen-bond donors (Lipinski definition) is 1. The van der Waals surface area contributed by atoms with Crippen molar-refractivity contribution >= 4 is 0 Å². The number of hydrogen-bond acceptors (Lipinski definition) is 3. The van der Waals surface area contributed by atoms with Crippen LogP contribution in [0, 0.1) is 11.3 Å². The molecule has 0 saturated heterocycles. The van der Waals surface area contributed by atoms with Crippen molar-refractivity contribution in [3.05, 3.63) is 29.8 Å². The fourth-order valence-electron chi connectivity index (χ4n) is 1.40. The predicted molar refractivity (Wildman–Crippen MR) is 59.6 cm³/mol. The van der Waals surface area contributed by atoms with Gasteiger partial charge in [-0.05, 0) is 31.5 Å². The van der Waals surface area contributed by atoms with Crippen molar-refractivity contribution < 1.29 is 4.74 Å². The molecule has 0 bridgehead atoms. The average molecular weight is 204 g/mol. The SMILES string of the molecule is COc1ccc([C@H](C)NC(C)C#N)cc1. The summed E-state index contributed by atoms with van der Waals surface area (Å²) in [5, 5.41) is 11.9. The van der Waals surface area contributed by atoms with Gasteiger partial charge in [-0.3, -0.25) is 5.32 Å². The van der Waals surface area contributed by atoms with Crippen molar-refractivity contribution in [1.82, 2.24) is 5.32 Å². The lowest BCUT2D eigenvalue weighted by Crippen LogP contribution is -2.27. The first-order valence-electron chi connectivity index (χ1n) is 4.97. The molecular formula is C12H16N2O. The van der Waals surface area contributed by atoms with Gasteiger partial charge >= 0.3 is 0 Å². The summed E-state index contributed by atoms with van der Waals surface area (Å²) in [5.74, 6) is 0.847. The first-order valence-corrected chi connectivity index (χ1v) is 4.97. The summed E-state index contributed by atoms with van der Waals surface area (Å²) < 4.78 is 5.08. The summed E-state index contributed by atoms with van der Waals surface area (Å²) in [6.07, 6.45) is 0. The molecule has 3 heteroatoms. The number of nitriles is 1. The van der Waals surface area contributed by atoms with Crippen molar-refractivity contribution in [3.63, 3.8) is 0 Å². The number of nitrogens with zero attached hydrogens (tertiary/aromatic N) is 1. The molecular weight excluding hydrogens is 188 g/mol. The topological polar surface area (TPSA) is 45.0 Å². The first-order chi connectivity index (χ1) is 7.17. The number of methoxy groups -OCH3 is 1. The third-order valence-electron chi connectivity index (χ3n) is 2.31. The molecule has 0 radical (unpaired) electrons. The normalized spacial score (nSPS) is 14.0. The average Bonchev–Trinajstić information content (AvgIpc) is 2.29. The maximum Gasteiger partial charge on any atom is 0.118 e. The summed E-state index contributed by atoms with van der Waals surface area (Å²) in [4.78, 5) is 0. The number of rotatable bonds is 4. The molecule has 0 spiro atoms. The molecule has 0 aliphatic carbocycles. The third kappa shape index (κ3) is 3.26. The van der Waals surface area contributed by atoms with Crippen molar-refractivity contribution in [1.29, 1.82) is 5.26 Å². The molecule has 1 aromatic rings. The van der Waals surface area contributed by atoms with Crippen molar-refractivity contribution in [2.75, 3.05) is 7.11 Å². The van der Waals surface area contributed by atoms with Crippen LogP contribution in [0.5, 0.6) is 5.75 Å². The molecule has 0 fully saturated rings. The van der Waals surface area contributed by atoms with E-state index in [-0.39, 0.29) is 12.1 Å². The Morgan fingerprint density at radius 3 is 2.33 bits per heavy atom. The zero-order chi connectivity index (χ0) is 11.3. The lowest BCUT2D eigenvalue weighted by atomic mass is 10.1. The van der Waals surface area contributed by atoms with Gasteiger partial charge in [0, 0.05) is 6.04 Å². The van der Waals surface area contributed by atoms with Gasteiger partial charge in [-0.15, -0.1) is 0 Å². The van der Waals surface area contributed by atoms with Crippen LogP contribution in [-0.4, -0.2) is 13.2 Å². The Bertz CT molecular complexity index is 340. The van der Waals surface area contributed by atoms with E-state index in [2.05, 4.69) is 11.4 Å². The smallest absolute Gasteiger partial charge is 0.118 e. The van der Waals surface area contributed by atoms with Gasteiger partial charge in [0.05, 0.1) is 19.2 Å². The Morgan fingerprint density at radius 2 is 1.87 bits per heavy atom. The van der Waals surface area contributed by atoms with Crippen LogP contribution >= 0.6 is 0 Å². The molecule has 3 nitrogen and oxygen atoms in total. The molecule has 0 aliphatic rings. The summed E-state index contributed by atoms with van der Waals surface area (Å²) >= 11 is 0. The highest BCUT2D eigenvalue weighted by Crippen LogP contribution is 2.17. The fraction of sp³-hybridized carbons (Fsp3) is 0.417. The van der Waals surface area contributed by atoms with E-state index in [1.807, 2.05) is 38.1 Å². The highest BCUT2D eigenvalue weighted by atomic mass is 16.5. The van der Waals surface area contributed by atoms with Gasteiger partial charge in [-0.1, -0.05) is 12.1 Å². The molecule has 1 unspecified atom stereocenters. The maximum atomic E-state index is 8.68. The Hall–Kier alpha value is -1.53. The zero-order valence-electron chi connectivity index (χ0n) is 9.32. The van der Waals surface area contributed by atoms with Crippen LogP contribution < -0.4 is 10.1 Å². The summed E-state index contributed by atoms with van der Waals surface area (Å²) in [7, 11) is 1.65. The second kappa shape index (κ2) is 5.38. The van der Waals surface area contributed by atoms with Gasteiger partial charge in [0.2, 0.25) is 0 Å². The van der Waals surface area contributed by atoms with Crippen molar-refractivity contribution in [3.8, 4) is 11.8 Å². The summed E-state index contributed by atoms with van der Waals surface area (Å²) in [6.45, 7) is 3.88. The lowest BCUT2D eigenvalue weighted by molar-refractivity contribution is 0.414. The lowest BCUT2D eigenvalue weighted by Gasteiger charge is -2.15. The van der Waals surface area contributed by atoms with E-state index in [1.54, 1.807) is 7.11 Å².